The van der Waals surface area contributed by atoms with E-state index in [1.807, 2.05) is 54.8 Å². The highest BCUT2D eigenvalue weighted by Gasteiger charge is 2.38. The molecule has 0 spiro atoms. The van der Waals surface area contributed by atoms with Gasteiger partial charge in [0, 0.05) is 12.7 Å². The first kappa shape index (κ1) is 17.7. The molecule has 0 aliphatic carbocycles. The molecule has 0 radical (unpaired) electrons. The van der Waals surface area contributed by atoms with Crippen LogP contribution in [0, 0.1) is 23.7 Å². The van der Waals surface area contributed by atoms with Crippen molar-refractivity contribution in [3.8, 4) is 11.8 Å². The first-order chi connectivity index (χ1) is 13.3. The van der Waals surface area contributed by atoms with Crippen LogP contribution in [0.15, 0.2) is 42.5 Å². The average Bonchev–Trinajstić information content (AvgIpc) is 3.02. The van der Waals surface area contributed by atoms with E-state index in [2.05, 4.69) is 16.4 Å². The third-order valence-electron chi connectivity index (χ3n) is 5.32. The molecule has 140 valence electrons. The Morgan fingerprint density at radius 1 is 1.29 bits per heavy atom. The summed E-state index contributed by atoms with van der Waals surface area (Å²) in [7, 11) is 1.60. The fourth-order valence-corrected chi connectivity index (χ4v) is 3.73. The lowest BCUT2D eigenvalue weighted by molar-refractivity contribution is -0.129. The van der Waals surface area contributed by atoms with E-state index >= 15 is 0 Å². The lowest BCUT2D eigenvalue weighted by atomic mass is 9.86. The number of amides is 1. The van der Waals surface area contributed by atoms with E-state index in [1.54, 1.807) is 13.1 Å². The molecule has 7 nitrogen and oxygen atoms in total. The monoisotopic (exact) mass is 372 g/mol. The summed E-state index contributed by atoms with van der Waals surface area (Å²) in [5.41, 5.74) is 3.21. The number of rotatable bonds is 2. The summed E-state index contributed by atoms with van der Waals surface area (Å²) in [5.74, 6) is 0.770. The number of nitriles is 1. The molecular formula is C21H20N6O. The van der Waals surface area contributed by atoms with E-state index < -0.39 is 5.54 Å². The predicted molar refractivity (Wildman–Crippen MR) is 106 cm³/mol. The number of aryl methyl sites for hydroxylation is 1. The second-order valence-corrected chi connectivity index (χ2v) is 7.27. The van der Waals surface area contributed by atoms with Gasteiger partial charge in [-0.05, 0) is 43.7 Å². The molecule has 1 atom stereocenters. The number of fused-ring (bicyclic) bond motifs is 1. The van der Waals surface area contributed by atoms with Gasteiger partial charge in [-0.2, -0.15) is 5.26 Å². The van der Waals surface area contributed by atoms with E-state index in [0.717, 1.165) is 22.6 Å². The number of imidazole rings is 1. The fraction of sp³-hybridized carbons (Fsp3) is 0.238. The van der Waals surface area contributed by atoms with Gasteiger partial charge < -0.3 is 5.32 Å². The molecule has 0 bridgehead atoms. The standard InChI is InChI=1S/C21H20N6O/c1-13-24-19-14(12-22)6-4-9-17(19)27(13)16-8-5-7-15(10-16)21(2)11-18(28)26(3)20(23)25-21/h4-10H,11H2,1-3H3,(H2,23,25)/t21-/m0/s1. The third-order valence-corrected chi connectivity index (χ3v) is 5.32. The van der Waals surface area contributed by atoms with Crippen molar-refractivity contribution in [2.75, 3.05) is 7.05 Å². The SMILES string of the molecule is Cc1nc2c(C#N)cccc2n1-c1cccc([C@]2(C)CC(=O)N(C)C(=N)N2)c1. The molecule has 7 heteroatoms. The molecule has 2 N–H and O–H groups in total. The van der Waals surface area contributed by atoms with Crippen molar-refractivity contribution in [1.29, 1.82) is 10.7 Å². The summed E-state index contributed by atoms with van der Waals surface area (Å²) in [6, 6.07) is 15.6. The van der Waals surface area contributed by atoms with Crippen LogP contribution in [0.25, 0.3) is 16.7 Å². The highest BCUT2D eigenvalue weighted by Crippen LogP contribution is 2.31. The van der Waals surface area contributed by atoms with Crippen molar-refractivity contribution >= 4 is 22.9 Å². The number of nitrogens with one attached hydrogen (secondary N) is 2. The van der Waals surface area contributed by atoms with E-state index in [0.29, 0.717) is 11.1 Å². The number of hydrogen-bond acceptors (Lipinski definition) is 4. The topological polar surface area (TPSA) is 97.8 Å². The van der Waals surface area contributed by atoms with Crippen LogP contribution in [-0.2, 0) is 10.3 Å². The van der Waals surface area contributed by atoms with Crippen LogP contribution in [0.5, 0.6) is 0 Å². The zero-order valence-electron chi connectivity index (χ0n) is 15.9. The van der Waals surface area contributed by atoms with Gasteiger partial charge in [-0.1, -0.05) is 18.2 Å². The molecular weight excluding hydrogens is 352 g/mol. The molecule has 3 aromatic rings. The van der Waals surface area contributed by atoms with Gasteiger partial charge in [-0.25, -0.2) is 4.98 Å². The maximum atomic E-state index is 12.3. The largest absolute Gasteiger partial charge is 0.346 e. The zero-order chi connectivity index (χ0) is 20.1. The number of para-hydroxylation sites is 1. The van der Waals surface area contributed by atoms with Gasteiger partial charge in [0.05, 0.1) is 23.0 Å². The van der Waals surface area contributed by atoms with Crippen molar-refractivity contribution in [3.63, 3.8) is 0 Å². The summed E-state index contributed by atoms with van der Waals surface area (Å²) in [6.45, 7) is 3.83. The van der Waals surface area contributed by atoms with Crippen LogP contribution in [0.2, 0.25) is 0 Å². The Hall–Kier alpha value is -3.66. The minimum Gasteiger partial charge on any atom is -0.346 e. The van der Waals surface area contributed by atoms with Gasteiger partial charge in [0.15, 0.2) is 5.96 Å². The Balaban J connectivity index is 1.84. The first-order valence-corrected chi connectivity index (χ1v) is 8.96. The van der Waals surface area contributed by atoms with Crippen molar-refractivity contribution in [2.24, 2.45) is 0 Å². The van der Waals surface area contributed by atoms with Crippen molar-refractivity contribution in [2.45, 2.75) is 25.8 Å². The van der Waals surface area contributed by atoms with E-state index in [9.17, 15) is 10.1 Å². The van der Waals surface area contributed by atoms with Crippen molar-refractivity contribution in [3.05, 3.63) is 59.4 Å². The highest BCUT2D eigenvalue weighted by molar-refractivity contribution is 5.98. The highest BCUT2D eigenvalue weighted by atomic mass is 16.2. The molecule has 1 amide bonds. The summed E-state index contributed by atoms with van der Waals surface area (Å²) in [4.78, 5) is 18.2. The summed E-state index contributed by atoms with van der Waals surface area (Å²) in [5, 5.41) is 20.6. The Morgan fingerprint density at radius 3 is 2.75 bits per heavy atom. The number of carbonyl (C=O) groups is 1. The normalized spacial score (nSPS) is 19.6. The molecule has 28 heavy (non-hydrogen) atoms. The van der Waals surface area contributed by atoms with Crippen LogP contribution >= 0.6 is 0 Å². The third kappa shape index (κ3) is 2.62. The van der Waals surface area contributed by atoms with E-state index in [-0.39, 0.29) is 18.3 Å². The molecule has 1 aliphatic rings. The van der Waals surface area contributed by atoms with E-state index in [1.165, 1.54) is 4.90 Å². The van der Waals surface area contributed by atoms with Gasteiger partial charge >= 0.3 is 0 Å². The maximum absolute atomic E-state index is 12.3. The minimum atomic E-state index is -0.668. The molecule has 1 aliphatic heterocycles. The average molecular weight is 372 g/mol. The molecule has 0 unspecified atom stereocenters. The Bertz CT molecular complexity index is 1150. The lowest BCUT2D eigenvalue weighted by Crippen LogP contribution is -2.58. The minimum absolute atomic E-state index is 0.0899. The number of guanidine groups is 1. The van der Waals surface area contributed by atoms with Gasteiger partial charge in [-0.3, -0.25) is 19.7 Å². The van der Waals surface area contributed by atoms with Gasteiger partial charge in [0.1, 0.15) is 17.4 Å². The Kier molecular flexibility index (Phi) is 3.93. The molecule has 0 saturated carbocycles. The smallest absolute Gasteiger partial charge is 0.231 e. The Labute approximate surface area is 162 Å². The van der Waals surface area contributed by atoms with Crippen LogP contribution in [0.1, 0.15) is 30.3 Å². The zero-order valence-corrected chi connectivity index (χ0v) is 15.9. The van der Waals surface area contributed by atoms with Gasteiger partial charge in [-0.15, -0.1) is 0 Å². The molecule has 2 heterocycles. The number of aromatic nitrogens is 2. The number of nitrogens with zero attached hydrogens (tertiary/aromatic N) is 4. The van der Waals surface area contributed by atoms with Crippen LogP contribution in [-0.4, -0.2) is 33.4 Å². The number of carbonyl (C=O) groups excluding carboxylic acids is 1. The van der Waals surface area contributed by atoms with Gasteiger partial charge in [0.25, 0.3) is 0 Å². The lowest BCUT2D eigenvalue weighted by Gasteiger charge is -2.39. The van der Waals surface area contributed by atoms with Crippen molar-refractivity contribution in [1.82, 2.24) is 19.8 Å². The second-order valence-electron chi connectivity index (χ2n) is 7.27. The molecule has 1 aromatic heterocycles. The predicted octanol–water partition coefficient (Wildman–Crippen LogP) is 2.81. The van der Waals surface area contributed by atoms with Crippen LogP contribution in [0.4, 0.5) is 0 Å². The fourth-order valence-electron chi connectivity index (χ4n) is 3.73. The molecule has 4 rings (SSSR count). The molecule has 1 fully saturated rings. The number of hydrogen-bond donors (Lipinski definition) is 2. The quantitative estimate of drug-likeness (QED) is 0.723. The summed E-state index contributed by atoms with van der Waals surface area (Å²) in [6.07, 6.45) is 0.261. The summed E-state index contributed by atoms with van der Waals surface area (Å²) >= 11 is 0. The van der Waals surface area contributed by atoms with E-state index in [4.69, 9.17) is 5.41 Å². The van der Waals surface area contributed by atoms with Crippen molar-refractivity contribution < 1.29 is 4.79 Å². The Morgan fingerprint density at radius 2 is 2.04 bits per heavy atom. The maximum Gasteiger partial charge on any atom is 0.231 e. The molecule has 1 saturated heterocycles. The van der Waals surface area contributed by atoms with Gasteiger partial charge in [0.2, 0.25) is 5.91 Å². The van der Waals surface area contributed by atoms with Crippen LogP contribution < -0.4 is 5.32 Å². The number of benzene rings is 2. The first-order valence-electron chi connectivity index (χ1n) is 8.96. The molecule has 2 aromatic carbocycles. The summed E-state index contributed by atoms with van der Waals surface area (Å²) < 4.78 is 2.01. The van der Waals surface area contributed by atoms with Crippen LogP contribution in [0.3, 0.4) is 0 Å². The second kappa shape index (κ2) is 6.20.